The maximum Gasteiger partial charge on any atom is 0.170 e. The van der Waals surface area contributed by atoms with Gasteiger partial charge in [0.25, 0.3) is 0 Å². The fraction of sp³-hybridized carbons (Fsp3) is 0.655. The van der Waals surface area contributed by atoms with Crippen LogP contribution in [0.5, 0.6) is 0 Å². The molecule has 1 heterocycles. The Hall–Kier alpha value is -1.84. The molecule has 0 aliphatic heterocycles. The van der Waals surface area contributed by atoms with Crippen molar-refractivity contribution in [1.82, 2.24) is 9.97 Å². The summed E-state index contributed by atoms with van der Waals surface area (Å²) in [6.07, 6.45) is 21.1. The third-order valence-electron chi connectivity index (χ3n) is 7.43. The summed E-state index contributed by atoms with van der Waals surface area (Å²) in [5.41, 5.74) is 1.68. The summed E-state index contributed by atoms with van der Waals surface area (Å²) in [6.45, 7) is 4.45. The van der Waals surface area contributed by atoms with Crippen molar-refractivity contribution in [2.24, 2.45) is 11.8 Å². The van der Waals surface area contributed by atoms with Crippen LogP contribution in [-0.4, -0.2) is 9.97 Å². The molecule has 2 nitrogen and oxygen atoms in total. The minimum absolute atomic E-state index is 0.154. The van der Waals surface area contributed by atoms with Crippen LogP contribution in [0.3, 0.4) is 0 Å². The molecule has 0 N–H and O–H groups in total. The van der Waals surface area contributed by atoms with Crippen LogP contribution in [0.25, 0.3) is 11.4 Å². The number of aromatic nitrogens is 2. The number of rotatable bonds is 13. The van der Waals surface area contributed by atoms with E-state index >= 15 is 0 Å². The second kappa shape index (κ2) is 13.8. The van der Waals surface area contributed by atoms with Gasteiger partial charge in [0.1, 0.15) is 0 Å². The molecule has 1 aromatic heterocycles. The summed E-state index contributed by atoms with van der Waals surface area (Å²) >= 11 is 0. The fourth-order valence-electron chi connectivity index (χ4n) is 5.19. The molecule has 0 unspecified atom stereocenters. The molecule has 4 heteroatoms. The molecule has 1 aliphatic carbocycles. The van der Waals surface area contributed by atoms with E-state index in [1.54, 1.807) is 24.5 Å². The number of benzene rings is 1. The lowest BCUT2D eigenvalue weighted by Crippen LogP contribution is -2.15. The van der Waals surface area contributed by atoms with Crippen molar-refractivity contribution in [2.75, 3.05) is 0 Å². The van der Waals surface area contributed by atoms with Gasteiger partial charge in [-0.15, -0.1) is 0 Å². The zero-order valence-electron chi connectivity index (χ0n) is 20.7. The Morgan fingerprint density at radius 3 is 2.03 bits per heavy atom. The van der Waals surface area contributed by atoms with Gasteiger partial charge in [0.05, 0.1) is 5.56 Å². The summed E-state index contributed by atoms with van der Waals surface area (Å²) in [6, 6.07) is 3.38. The molecule has 1 fully saturated rings. The molecular weight excluding hydrogens is 414 g/mol. The van der Waals surface area contributed by atoms with Crippen molar-refractivity contribution >= 4 is 0 Å². The SMILES string of the molecule is CCCCCCc1cnc(-c2ccc(CC[C@H]3CC[C@H](CCCCC)CC3)c(F)c2F)nc1. The molecule has 33 heavy (non-hydrogen) atoms. The van der Waals surface area contributed by atoms with Crippen molar-refractivity contribution in [3.05, 3.63) is 47.3 Å². The number of aryl methyl sites for hydroxylation is 2. The average molecular weight is 457 g/mol. The molecule has 182 valence electrons. The van der Waals surface area contributed by atoms with E-state index in [9.17, 15) is 8.78 Å². The summed E-state index contributed by atoms with van der Waals surface area (Å²) in [4.78, 5) is 8.63. The Labute approximate surface area is 199 Å². The Kier molecular flexibility index (Phi) is 10.8. The molecule has 0 amide bonds. The molecular formula is C29H42F2N2. The van der Waals surface area contributed by atoms with Gasteiger partial charge in [-0.1, -0.05) is 90.5 Å². The molecule has 2 aromatic rings. The first kappa shape index (κ1) is 25.8. The van der Waals surface area contributed by atoms with Crippen molar-refractivity contribution < 1.29 is 8.78 Å². The summed E-state index contributed by atoms with van der Waals surface area (Å²) in [5.74, 6) is 0.235. The van der Waals surface area contributed by atoms with Crippen molar-refractivity contribution in [3.63, 3.8) is 0 Å². The highest BCUT2D eigenvalue weighted by molar-refractivity contribution is 5.56. The number of hydrogen-bond acceptors (Lipinski definition) is 2. The smallest absolute Gasteiger partial charge is 0.170 e. The highest BCUT2D eigenvalue weighted by atomic mass is 19.2. The van der Waals surface area contributed by atoms with E-state index in [0.29, 0.717) is 17.9 Å². The van der Waals surface area contributed by atoms with E-state index in [1.807, 2.05) is 0 Å². The van der Waals surface area contributed by atoms with Crippen molar-refractivity contribution in [1.29, 1.82) is 0 Å². The third-order valence-corrected chi connectivity index (χ3v) is 7.43. The van der Waals surface area contributed by atoms with Crippen LogP contribution >= 0.6 is 0 Å². The standard InChI is InChI=1S/C29H42F2N2/c1-3-5-7-9-11-24-20-32-29(33-21-24)26-19-18-25(27(30)28(26)31)17-16-23-14-12-22(13-15-23)10-8-6-4-2/h18-23H,3-17H2,1-2H3/t22-,23-. The minimum atomic E-state index is -0.817. The van der Waals surface area contributed by atoms with Crippen LogP contribution in [0.4, 0.5) is 8.78 Å². The Bertz CT molecular complexity index is 826. The summed E-state index contributed by atoms with van der Waals surface area (Å²) < 4.78 is 29.7. The van der Waals surface area contributed by atoms with Crippen LogP contribution in [0.15, 0.2) is 24.5 Å². The van der Waals surface area contributed by atoms with Gasteiger partial charge in [0, 0.05) is 12.4 Å². The normalized spacial score (nSPS) is 18.5. The van der Waals surface area contributed by atoms with E-state index in [4.69, 9.17) is 0 Å². The van der Waals surface area contributed by atoms with Gasteiger partial charge in [0.15, 0.2) is 17.5 Å². The number of hydrogen-bond donors (Lipinski definition) is 0. The maximum atomic E-state index is 14.8. The van der Waals surface area contributed by atoms with Gasteiger partial charge in [0.2, 0.25) is 0 Å². The van der Waals surface area contributed by atoms with E-state index in [1.165, 1.54) is 70.6 Å². The lowest BCUT2D eigenvalue weighted by atomic mass is 9.77. The molecule has 1 aliphatic rings. The lowest BCUT2D eigenvalue weighted by Gasteiger charge is -2.28. The quantitative estimate of drug-likeness (QED) is 0.281. The van der Waals surface area contributed by atoms with Gasteiger partial charge in [-0.25, -0.2) is 18.7 Å². The fourth-order valence-corrected chi connectivity index (χ4v) is 5.19. The number of unbranched alkanes of at least 4 members (excludes halogenated alkanes) is 5. The van der Waals surface area contributed by atoms with Crippen LogP contribution in [0.1, 0.15) is 108 Å². The first-order valence-corrected chi connectivity index (χ1v) is 13.4. The number of nitrogens with zero attached hydrogens (tertiary/aromatic N) is 2. The summed E-state index contributed by atoms with van der Waals surface area (Å²) in [5, 5.41) is 0. The average Bonchev–Trinajstić information content (AvgIpc) is 2.84. The number of halogens is 2. The van der Waals surface area contributed by atoms with Crippen LogP contribution in [0, 0.1) is 23.5 Å². The van der Waals surface area contributed by atoms with Gasteiger partial charge in [-0.3, -0.25) is 0 Å². The van der Waals surface area contributed by atoms with Crippen LogP contribution in [-0.2, 0) is 12.8 Å². The summed E-state index contributed by atoms with van der Waals surface area (Å²) in [7, 11) is 0. The van der Waals surface area contributed by atoms with Gasteiger partial charge in [-0.05, 0) is 54.7 Å². The molecule has 3 rings (SSSR count). The first-order chi connectivity index (χ1) is 16.1. The van der Waals surface area contributed by atoms with Gasteiger partial charge < -0.3 is 0 Å². The molecule has 0 atom stereocenters. The Morgan fingerprint density at radius 1 is 0.727 bits per heavy atom. The van der Waals surface area contributed by atoms with Gasteiger partial charge >= 0.3 is 0 Å². The van der Waals surface area contributed by atoms with Crippen molar-refractivity contribution in [2.45, 2.75) is 110 Å². The molecule has 0 spiro atoms. The predicted molar refractivity (Wildman–Crippen MR) is 133 cm³/mol. The largest absolute Gasteiger partial charge is 0.236 e. The van der Waals surface area contributed by atoms with Gasteiger partial charge in [-0.2, -0.15) is 0 Å². The Balaban J connectivity index is 1.51. The van der Waals surface area contributed by atoms with Crippen LogP contribution < -0.4 is 0 Å². The van der Waals surface area contributed by atoms with E-state index in [0.717, 1.165) is 30.7 Å². The maximum absolute atomic E-state index is 14.8. The predicted octanol–water partition coefficient (Wildman–Crippen LogP) is 8.86. The highest BCUT2D eigenvalue weighted by Gasteiger charge is 2.22. The lowest BCUT2D eigenvalue weighted by molar-refractivity contribution is 0.248. The first-order valence-electron chi connectivity index (χ1n) is 13.4. The minimum Gasteiger partial charge on any atom is -0.236 e. The molecule has 0 bridgehead atoms. The third kappa shape index (κ3) is 7.86. The molecule has 0 saturated heterocycles. The highest BCUT2D eigenvalue weighted by Crippen LogP contribution is 2.35. The second-order valence-electron chi connectivity index (χ2n) is 10.0. The zero-order valence-corrected chi connectivity index (χ0v) is 20.7. The second-order valence-corrected chi connectivity index (χ2v) is 10.0. The van der Waals surface area contributed by atoms with Crippen molar-refractivity contribution in [3.8, 4) is 11.4 Å². The Morgan fingerprint density at radius 2 is 1.36 bits per heavy atom. The van der Waals surface area contributed by atoms with Crippen LogP contribution in [0.2, 0.25) is 0 Å². The van der Waals surface area contributed by atoms with E-state index in [2.05, 4.69) is 23.8 Å². The molecule has 1 aromatic carbocycles. The van der Waals surface area contributed by atoms with E-state index in [-0.39, 0.29) is 11.4 Å². The topological polar surface area (TPSA) is 25.8 Å². The molecule has 0 radical (unpaired) electrons. The zero-order chi connectivity index (χ0) is 23.5. The molecule has 1 saturated carbocycles. The monoisotopic (exact) mass is 456 g/mol. The van der Waals surface area contributed by atoms with E-state index < -0.39 is 11.6 Å².